The highest BCUT2D eigenvalue weighted by Crippen LogP contribution is 2.60. The van der Waals surface area contributed by atoms with Gasteiger partial charge in [0.2, 0.25) is 0 Å². The van der Waals surface area contributed by atoms with Gasteiger partial charge in [-0.3, -0.25) is 0 Å². The molecular formula is C21H27N3O2. The molecule has 138 valence electrons. The second kappa shape index (κ2) is 5.08. The smallest absolute Gasteiger partial charge is 0.356 e. The highest BCUT2D eigenvalue weighted by atomic mass is 16.4. The molecule has 0 unspecified atom stereocenters. The van der Waals surface area contributed by atoms with Crippen molar-refractivity contribution >= 4 is 11.6 Å². The first kappa shape index (κ1) is 16.3. The van der Waals surface area contributed by atoms with Crippen LogP contribution in [-0.2, 0) is 10.8 Å². The molecule has 5 nitrogen and oxygen atoms in total. The Morgan fingerprint density at radius 1 is 1.12 bits per heavy atom. The van der Waals surface area contributed by atoms with Crippen LogP contribution in [0.2, 0.25) is 0 Å². The molecule has 0 spiro atoms. The normalized spacial score (nSPS) is 33.1. The van der Waals surface area contributed by atoms with E-state index in [9.17, 15) is 9.90 Å². The van der Waals surface area contributed by atoms with Crippen LogP contribution >= 0.6 is 0 Å². The van der Waals surface area contributed by atoms with Gasteiger partial charge in [-0.15, -0.1) is 0 Å². The van der Waals surface area contributed by atoms with E-state index in [0.29, 0.717) is 5.65 Å². The molecule has 0 amide bonds. The van der Waals surface area contributed by atoms with Crippen LogP contribution in [0.4, 0.5) is 0 Å². The minimum atomic E-state index is -0.994. The Balaban J connectivity index is 1.70. The lowest BCUT2D eigenvalue weighted by Crippen LogP contribution is -2.49. The van der Waals surface area contributed by atoms with Gasteiger partial charge in [-0.2, -0.15) is 5.10 Å². The minimum Gasteiger partial charge on any atom is -0.476 e. The van der Waals surface area contributed by atoms with Crippen molar-refractivity contribution in [1.29, 1.82) is 0 Å². The van der Waals surface area contributed by atoms with Gasteiger partial charge in [0, 0.05) is 16.9 Å². The Kier molecular flexibility index (Phi) is 3.18. The molecular weight excluding hydrogens is 326 g/mol. The van der Waals surface area contributed by atoms with Crippen molar-refractivity contribution in [3.05, 3.63) is 29.2 Å². The molecule has 0 aliphatic heterocycles. The van der Waals surface area contributed by atoms with E-state index in [4.69, 9.17) is 4.98 Å². The molecule has 2 heterocycles. The largest absolute Gasteiger partial charge is 0.476 e. The minimum absolute atomic E-state index is 0.0747. The highest BCUT2D eigenvalue weighted by molar-refractivity contribution is 5.86. The molecule has 4 aliphatic rings. The van der Waals surface area contributed by atoms with Crippen molar-refractivity contribution in [2.24, 2.45) is 17.8 Å². The molecule has 4 fully saturated rings. The molecule has 2 aromatic rings. The lowest BCUT2D eigenvalue weighted by molar-refractivity contribution is -0.00722. The molecule has 0 atom stereocenters. The molecule has 1 N–H and O–H groups in total. The van der Waals surface area contributed by atoms with E-state index >= 15 is 0 Å². The maximum Gasteiger partial charge on any atom is 0.356 e. The molecule has 4 bridgehead atoms. The third-order valence-electron chi connectivity index (χ3n) is 7.00. The second-order valence-electron chi connectivity index (χ2n) is 10.1. The van der Waals surface area contributed by atoms with Crippen molar-refractivity contribution in [3.8, 4) is 0 Å². The predicted molar refractivity (Wildman–Crippen MR) is 98.5 cm³/mol. The van der Waals surface area contributed by atoms with E-state index in [0.717, 1.165) is 23.4 Å². The van der Waals surface area contributed by atoms with Crippen molar-refractivity contribution < 1.29 is 9.90 Å². The molecule has 0 radical (unpaired) electrons. The van der Waals surface area contributed by atoms with Crippen LogP contribution in [0.25, 0.3) is 5.65 Å². The molecule has 5 heteroatoms. The number of fused-ring (bicyclic) bond motifs is 1. The summed E-state index contributed by atoms with van der Waals surface area (Å²) < 4.78 is 1.74. The fourth-order valence-electron chi connectivity index (χ4n) is 6.31. The van der Waals surface area contributed by atoms with Crippen LogP contribution in [0, 0.1) is 17.8 Å². The standard InChI is InChI=1S/C21H27N3O2/c1-20(2,3)17-8-16(22-18-7-15(19(25)26)23-24(17)18)21-9-12-4-13(10-21)6-14(5-12)11-21/h7-8,12-14H,4-6,9-11H2,1-3H3,(H,25,26). The lowest BCUT2D eigenvalue weighted by Gasteiger charge is -2.56. The summed E-state index contributed by atoms with van der Waals surface area (Å²) in [6.07, 6.45) is 7.99. The fraction of sp³-hybridized carbons (Fsp3) is 0.667. The quantitative estimate of drug-likeness (QED) is 0.879. The maximum absolute atomic E-state index is 11.4. The van der Waals surface area contributed by atoms with Crippen LogP contribution in [0.1, 0.15) is 81.2 Å². The second-order valence-corrected chi connectivity index (χ2v) is 10.1. The van der Waals surface area contributed by atoms with Crippen LogP contribution in [0.5, 0.6) is 0 Å². The third kappa shape index (κ3) is 2.32. The van der Waals surface area contributed by atoms with E-state index in [1.165, 1.54) is 44.2 Å². The van der Waals surface area contributed by atoms with Gasteiger partial charge in [0.25, 0.3) is 0 Å². The first-order valence-corrected chi connectivity index (χ1v) is 9.89. The fourth-order valence-corrected chi connectivity index (χ4v) is 6.31. The Morgan fingerprint density at radius 2 is 1.69 bits per heavy atom. The van der Waals surface area contributed by atoms with Crippen LogP contribution in [0.3, 0.4) is 0 Å². The number of carboxylic acid groups (broad SMARTS) is 1. The number of rotatable bonds is 2. The highest BCUT2D eigenvalue weighted by Gasteiger charge is 2.52. The van der Waals surface area contributed by atoms with Gasteiger partial charge in [-0.25, -0.2) is 14.3 Å². The van der Waals surface area contributed by atoms with Crippen molar-refractivity contribution in [1.82, 2.24) is 14.6 Å². The van der Waals surface area contributed by atoms with Gasteiger partial charge in [0.05, 0.1) is 11.4 Å². The summed E-state index contributed by atoms with van der Waals surface area (Å²) in [5.41, 5.74) is 3.07. The Bertz CT molecular complexity index is 871. The van der Waals surface area contributed by atoms with E-state index in [-0.39, 0.29) is 16.5 Å². The summed E-state index contributed by atoms with van der Waals surface area (Å²) in [6.45, 7) is 6.48. The van der Waals surface area contributed by atoms with Gasteiger partial charge in [0.1, 0.15) is 0 Å². The van der Waals surface area contributed by atoms with Gasteiger partial charge in [-0.05, 0) is 62.3 Å². The zero-order valence-corrected chi connectivity index (χ0v) is 15.8. The lowest BCUT2D eigenvalue weighted by atomic mass is 9.48. The summed E-state index contributed by atoms with van der Waals surface area (Å²) in [5.74, 6) is 1.58. The van der Waals surface area contributed by atoms with E-state index in [1.807, 2.05) is 0 Å². The SMILES string of the molecule is CC(C)(C)c1cc(C23CC4CC(CC(C4)C2)C3)nc2cc(C(=O)O)nn12. The predicted octanol–water partition coefficient (Wildman–Crippen LogP) is 4.19. The summed E-state index contributed by atoms with van der Waals surface area (Å²) in [5, 5.41) is 13.7. The number of hydrogen-bond donors (Lipinski definition) is 1. The van der Waals surface area contributed by atoms with E-state index in [1.54, 1.807) is 10.6 Å². The number of carboxylic acids is 1. The zero-order chi connectivity index (χ0) is 18.3. The zero-order valence-electron chi connectivity index (χ0n) is 15.8. The number of aromatic carboxylic acids is 1. The van der Waals surface area contributed by atoms with Crippen molar-refractivity contribution in [2.45, 2.75) is 70.1 Å². The Morgan fingerprint density at radius 3 is 2.19 bits per heavy atom. The number of nitrogens with zero attached hydrogens (tertiary/aromatic N) is 3. The summed E-state index contributed by atoms with van der Waals surface area (Å²) in [6, 6.07) is 3.86. The molecule has 4 aliphatic carbocycles. The molecule has 4 saturated carbocycles. The monoisotopic (exact) mass is 353 g/mol. The summed E-state index contributed by atoms with van der Waals surface area (Å²) >= 11 is 0. The summed E-state index contributed by atoms with van der Waals surface area (Å²) in [7, 11) is 0. The topological polar surface area (TPSA) is 67.5 Å². The summed E-state index contributed by atoms with van der Waals surface area (Å²) in [4.78, 5) is 16.4. The number of aromatic nitrogens is 3. The van der Waals surface area contributed by atoms with Gasteiger partial charge < -0.3 is 5.11 Å². The molecule has 0 saturated heterocycles. The average Bonchev–Trinajstić information content (AvgIpc) is 2.95. The van der Waals surface area contributed by atoms with Gasteiger partial charge in [0.15, 0.2) is 11.3 Å². The average molecular weight is 353 g/mol. The molecule has 0 aromatic carbocycles. The molecule has 2 aromatic heterocycles. The maximum atomic E-state index is 11.4. The van der Waals surface area contributed by atoms with Crippen molar-refractivity contribution in [2.75, 3.05) is 0 Å². The molecule has 26 heavy (non-hydrogen) atoms. The van der Waals surface area contributed by atoms with E-state index in [2.05, 4.69) is 31.9 Å². The third-order valence-corrected chi connectivity index (χ3v) is 7.00. The van der Waals surface area contributed by atoms with E-state index < -0.39 is 5.97 Å². The van der Waals surface area contributed by atoms with Gasteiger partial charge in [-0.1, -0.05) is 20.8 Å². The van der Waals surface area contributed by atoms with Crippen LogP contribution in [-0.4, -0.2) is 25.7 Å². The first-order valence-electron chi connectivity index (χ1n) is 9.89. The molecule has 6 rings (SSSR count). The first-order chi connectivity index (χ1) is 12.2. The Labute approximate surface area is 153 Å². The van der Waals surface area contributed by atoms with Crippen LogP contribution < -0.4 is 0 Å². The van der Waals surface area contributed by atoms with Crippen molar-refractivity contribution in [3.63, 3.8) is 0 Å². The van der Waals surface area contributed by atoms with Gasteiger partial charge >= 0.3 is 5.97 Å². The number of carbonyl (C=O) groups is 1. The number of hydrogen-bond acceptors (Lipinski definition) is 3. The Hall–Kier alpha value is -1.91. The van der Waals surface area contributed by atoms with Crippen LogP contribution in [0.15, 0.2) is 12.1 Å².